The highest BCUT2D eigenvalue weighted by Crippen LogP contribution is 2.27. The molecular weight excluding hydrogens is 320 g/mol. The first-order chi connectivity index (χ1) is 10.4. The summed E-state index contributed by atoms with van der Waals surface area (Å²) >= 11 is 0. The van der Waals surface area contributed by atoms with Gasteiger partial charge in [-0.15, -0.1) is 0 Å². The monoisotopic (exact) mass is 346 g/mol. The lowest BCUT2D eigenvalue weighted by atomic mass is 9.91. The predicted octanol–water partition coefficient (Wildman–Crippen LogP) is 1.87. The summed E-state index contributed by atoms with van der Waals surface area (Å²) in [5.74, 6) is -0.624. The van der Waals surface area contributed by atoms with Gasteiger partial charge in [0.1, 0.15) is 4.75 Å². The zero-order valence-electron chi connectivity index (χ0n) is 14.5. The maximum absolute atomic E-state index is 12.5. The molecule has 1 heterocycles. The Bertz CT molecular complexity index is 661. The molecule has 2 N–H and O–H groups in total. The van der Waals surface area contributed by atoms with Gasteiger partial charge in [-0.05, 0) is 27.2 Å². The number of anilines is 1. The van der Waals surface area contributed by atoms with Crippen molar-refractivity contribution in [2.45, 2.75) is 63.4 Å². The maximum atomic E-state index is 12.5. The van der Waals surface area contributed by atoms with E-state index < -0.39 is 31.2 Å². The van der Waals surface area contributed by atoms with Crippen LogP contribution in [0.1, 0.15) is 53.7 Å². The van der Waals surface area contributed by atoms with Crippen LogP contribution in [0.4, 0.5) is 5.88 Å². The second-order valence-corrected chi connectivity index (χ2v) is 9.76. The van der Waals surface area contributed by atoms with Crippen LogP contribution in [0.15, 0.2) is 10.6 Å². The lowest BCUT2D eigenvalue weighted by Gasteiger charge is -2.26. The van der Waals surface area contributed by atoms with Gasteiger partial charge in [0.05, 0.1) is 17.6 Å². The van der Waals surface area contributed by atoms with Crippen molar-refractivity contribution in [1.29, 1.82) is 0 Å². The van der Waals surface area contributed by atoms with Gasteiger partial charge in [-0.1, -0.05) is 25.9 Å². The van der Waals surface area contributed by atoms with E-state index >= 15 is 0 Å². The Morgan fingerprint density at radius 1 is 1.39 bits per heavy atom. The van der Waals surface area contributed by atoms with Crippen LogP contribution in [0.5, 0.6) is 0 Å². The van der Waals surface area contributed by atoms with Gasteiger partial charge in [0, 0.05) is 11.5 Å². The van der Waals surface area contributed by atoms with E-state index in [2.05, 4.69) is 10.5 Å². The van der Waals surface area contributed by atoms with Crippen LogP contribution in [0.25, 0.3) is 0 Å². The highest BCUT2D eigenvalue weighted by molar-refractivity contribution is 7.94. The van der Waals surface area contributed by atoms with Crippen LogP contribution < -0.4 is 5.32 Å². The normalized spacial score (nSPS) is 14.6. The van der Waals surface area contributed by atoms with Crippen LogP contribution in [0, 0.1) is 0 Å². The molecule has 1 amide bonds. The molecule has 0 unspecified atom stereocenters. The minimum Gasteiger partial charge on any atom is -0.395 e. The van der Waals surface area contributed by atoms with Gasteiger partial charge < -0.3 is 9.63 Å². The number of hydrogen-bond acceptors (Lipinski definition) is 6. The van der Waals surface area contributed by atoms with E-state index in [1.165, 1.54) is 19.9 Å². The molecule has 0 aromatic carbocycles. The van der Waals surface area contributed by atoms with E-state index in [4.69, 9.17) is 4.52 Å². The molecule has 0 aliphatic rings. The van der Waals surface area contributed by atoms with Crippen molar-refractivity contribution in [2.24, 2.45) is 0 Å². The van der Waals surface area contributed by atoms with Gasteiger partial charge >= 0.3 is 0 Å². The van der Waals surface area contributed by atoms with E-state index in [-0.39, 0.29) is 12.5 Å². The highest BCUT2D eigenvalue weighted by Gasteiger charge is 2.44. The molecule has 1 rings (SSSR count). The molecular formula is C15H26N2O5S. The van der Waals surface area contributed by atoms with Gasteiger partial charge in [0.25, 0.3) is 0 Å². The smallest absolute Gasteiger partial charge is 0.247 e. The summed E-state index contributed by atoms with van der Waals surface area (Å²) in [5.41, 5.74) is -0.150. The molecule has 0 aliphatic carbocycles. The molecule has 0 saturated heterocycles. The lowest BCUT2D eigenvalue weighted by Crippen LogP contribution is -2.48. The summed E-state index contributed by atoms with van der Waals surface area (Å²) < 4.78 is 28.4. The average molecular weight is 346 g/mol. The van der Waals surface area contributed by atoms with Crippen molar-refractivity contribution in [1.82, 2.24) is 5.16 Å². The fraction of sp³-hybridized carbons (Fsp3) is 0.733. The third-order valence-corrected chi connectivity index (χ3v) is 7.20. The third-order valence-electron chi connectivity index (χ3n) is 4.20. The molecule has 1 atom stereocenters. The van der Waals surface area contributed by atoms with E-state index in [1.54, 1.807) is 27.7 Å². The summed E-state index contributed by atoms with van der Waals surface area (Å²) in [7, 11) is -3.65. The van der Waals surface area contributed by atoms with Gasteiger partial charge in [0.15, 0.2) is 9.84 Å². The van der Waals surface area contributed by atoms with Gasteiger partial charge in [0.2, 0.25) is 11.8 Å². The number of aliphatic hydroxyl groups is 1. The third kappa shape index (κ3) is 3.74. The number of aliphatic hydroxyl groups excluding tert-OH is 1. The molecule has 1 aromatic heterocycles. The minimum atomic E-state index is -3.65. The number of hydrogen-bond donors (Lipinski definition) is 2. The summed E-state index contributed by atoms with van der Waals surface area (Å²) in [6, 6.07) is 1.49. The predicted molar refractivity (Wildman–Crippen MR) is 88.0 cm³/mol. The van der Waals surface area contributed by atoms with Crippen molar-refractivity contribution >= 4 is 21.6 Å². The van der Waals surface area contributed by atoms with Gasteiger partial charge in [-0.3, -0.25) is 10.1 Å². The fourth-order valence-electron chi connectivity index (χ4n) is 1.85. The van der Waals surface area contributed by atoms with Crippen molar-refractivity contribution in [2.75, 3.05) is 11.9 Å². The first-order valence-electron chi connectivity index (χ1n) is 7.53. The maximum Gasteiger partial charge on any atom is 0.247 e. The van der Waals surface area contributed by atoms with Crippen LogP contribution in [-0.2, 0) is 20.0 Å². The molecule has 1 aromatic rings. The largest absolute Gasteiger partial charge is 0.395 e. The lowest BCUT2D eigenvalue weighted by molar-refractivity contribution is -0.118. The molecule has 0 aliphatic heterocycles. The Balaban J connectivity index is 3.00. The first kappa shape index (κ1) is 19.6. The number of amides is 1. The van der Waals surface area contributed by atoms with E-state index in [0.29, 0.717) is 12.1 Å². The molecule has 0 spiro atoms. The molecule has 8 heteroatoms. The molecule has 7 nitrogen and oxygen atoms in total. The number of rotatable bonds is 7. The van der Waals surface area contributed by atoms with Crippen LogP contribution in [0.3, 0.4) is 0 Å². The van der Waals surface area contributed by atoms with Crippen molar-refractivity contribution in [3.8, 4) is 0 Å². The minimum absolute atomic E-state index is 0.0546. The van der Waals surface area contributed by atoms with E-state index in [1.807, 2.05) is 0 Å². The zero-order valence-corrected chi connectivity index (χ0v) is 15.3. The van der Waals surface area contributed by atoms with Crippen molar-refractivity contribution in [3.63, 3.8) is 0 Å². The number of carbonyl (C=O) groups is 1. The summed E-state index contributed by atoms with van der Waals surface area (Å²) in [6.45, 7) is 9.50. The van der Waals surface area contributed by atoms with Crippen LogP contribution in [-0.4, -0.2) is 41.2 Å². The Labute approximate surface area is 137 Å². The second kappa shape index (κ2) is 6.60. The Morgan fingerprint density at radius 2 is 1.96 bits per heavy atom. The van der Waals surface area contributed by atoms with Gasteiger partial charge in [-0.25, -0.2) is 8.42 Å². The SMILES string of the molecule is CC[C@@H](C)S(=O)(=O)C(C)(C)C(=O)Nc1cc(C(C)(C)CO)no1. The molecule has 0 saturated carbocycles. The Hall–Kier alpha value is -1.41. The number of sulfone groups is 1. The van der Waals surface area contributed by atoms with E-state index in [0.717, 1.165) is 0 Å². The van der Waals surface area contributed by atoms with Crippen LogP contribution in [0.2, 0.25) is 0 Å². The Kier molecular flexibility index (Phi) is 5.64. The first-order valence-corrected chi connectivity index (χ1v) is 9.07. The highest BCUT2D eigenvalue weighted by atomic mass is 32.2. The molecule has 0 bridgehead atoms. The second-order valence-electron chi connectivity index (χ2n) is 6.85. The topological polar surface area (TPSA) is 110 Å². The molecule has 0 radical (unpaired) electrons. The standard InChI is InChI=1S/C15H26N2O5S/c1-7-10(2)23(20,21)15(5,6)13(19)16-12-8-11(17-22-12)14(3,4)9-18/h8,10,18H,7,9H2,1-6H3,(H,16,19)/t10-/m1/s1. The van der Waals surface area contributed by atoms with Crippen molar-refractivity contribution in [3.05, 3.63) is 11.8 Å². The quantitative estimate of drug-likeness (QED) is 0.780. The summed E-state index contributed by atoms with van der Waals surface area (Å²) in [6.07, 6.45) is 0.427. The average Bonchev–Trinajstić information content (AvgIpc) is 2.95. The number of nitrogens with one attached hydrogen (secondary N) is 1. The molecule has 0 fully saturated rings. The number of aromatic nitrogens is 1. The zero-order chi connectivity index (χ0) is 18.1. The number of nitrogens with zero attached hydrogens (tertiary/aromatic N) is 1. The molecule has 132 valence electrons. The molecule has 23 heavy (non-hydrogen) atoms. The van der Waals surface area contributed by atoms with Crippen molar-refractivity contribution < 1.29 is 22.8 Å². The van der Waals surface area contributed by atoms with E-state index in [9.17, 15) is 18.3 Å². The summed E-state index contributed by atoms with van der Waals surface area (Å²) in [4.78, 5) is 12.4. The van der Waals surface area contributed by atoms with Gasteiger partial charge in [-0.2, -0.15) is 0 Å². The number of carbonyl (C=O) groups excluding carboxylic acids is 1. The fourth-order valence-corrected chi connectivity index (χ4v) is 3.60. The summed E-state index contributed by atoms with van der Waals surface area (Å²) in [5, 5.41) is 15.0. The van der Waals surface area contributed by atoms with Crippen LogP contribution >= 0.6 is 0 Å². The Morgan fingerprint density at radius 3 is 2.43 bits per heavy atom.